The van der Waals surface area contributed by atoms with Crippen molar-refractivity contribution in [2.24, 2.45) is 0 Å². The molecule has 0 saturated carbocycles. The summed E-state index contributed by atoms with van der Waals surface area (Å²) >= 11 is 5.85. The smallest absolute Gasteiger partial charge is 0.229 e. The van der Waals surface area contributed by atoms with E-state index in [1.165, 1.54) is 37.4 Å². The van der Waals surface area contributed by atoms with Crippen LogP contribution in [0.1, 0.15) is 12.5 Å². The number of nitrogens with zero attached hydrogens (tertiary/aromatic N) is 3. The summed E-state index contributed by atoms with van der Waals surface area (Å²) in [7, 11) is 0. The first-order valence-electron chi connectivity index (χ1n) is 8.57. The number of carbonyl (C=O) groups excluding carboxylic acids is 2. The molecule has 1 aromatic heterocycles. The highest BCUT2D eigenvalue weighted by Gasteiger charge is 2.19. The van der Waals surface area contributed by atoms with Crippen LogP contribution in [-0.4, -0.2) is 22.0 Å². The number of rotatable bonds is 5. The second-order valence-electron chi connectivity index (χ2n) is 6.22. The fourth-order valence-corrected chi connectivity index (χ4v) is 2.93. The number of hydrogen-bond acceptors (Lipinski definition) is 4. The van der Waals surface area contributed by atoms with Crippen LogP contribution in [0.4, 0.5) is 30.4 Å². The molecule has 3 rings (SSSR count). The first-order chi connectivity index (χ1) is 14.2. The van der Waals surface area contributed by atoms with Gasteiger partial charge in [0.05, 0.1) is 29.0 Å². The Bertz CT molecular complexity index is 1110. The van der Waals surface area contributed by atoms with Crippen molar-refractivity contribution in [3.8, 4) is 0 Å². The van der Waals surface area contributed by atoms with Gasteiger partial charge < -0.3 is 5.32 Å². The molecule has 0 unspecified atom stereocenters. The molecule has 0 radical (unpaired) electrons. The quantitative estimate of drug-likeness (QED) is 0.645. The number of hydrogen-bond donors (Lipinski definition) is 1. The van der Waals surface area contributed by atoms with Crippen molar-refractivity contribution in [3.63, 3.8) is 0 Å². The van der Waals surface area contributed by atoms with Crippen LogP contribution in [0.3, 0.4) is 0 Å². The number of anilines is 3. The molecular formula is C20H14ClF3N4O2. The van der Waals surface area contributed by atoms with E-state index in [-0.39, 0.29) is 34.2 Å². The van der Waals surface area contributed by atoms with Gasteiger partial charge >= 0.3 is 0 Å². The molecule has 154 valence electrons. The summed E-state index contributed by atoms with van der Waals surface area (Å²) in [5, 5.41) is 9.90. The Labute approximate surface area is 174 Å². The van der Waals surface area contributed by atoms with Crippen molar-refractivity contribution in [2.75, 3.05) is 10.2 Å². The number of amides is 2. The second kappa shape index (κ2) is 8.91. The van der Waals surface area contributed by atoms with Gasteiger partial charge in [-0.05, 0) is 23.8 Å². The molecule has 30 heavy (non-hydrogen) atoms. The molecule has 1 N–H and O–H groups in total. The molecular weight excluding hydrogens is 421 g/mol. The van der Waals surface area contributed by atoms with Crippen molar-refractivity contribution in [1.82, 2.24) is 10.2 Å². The minimum absolute atomic E-state index is 0.0610. The zero-order valence-electron chi connectivity index (χ0n) is 15.5. The van der Waals surface area contributed by atoms with Gasteiger partial charge in [0.15, 0.2) is 5.82 Å². The average molecular weight is 435 g/mol. The van der Waals surface area contributed by atoms with Crippen LogP contribution >= 0.6 is 11.6 Å². The van der Waals surface area contributed by atoms with Gasteiger partial charge in [0.2, 0.25) is 11.8 Å². The maximum absolute atomic E-state index is 13.6. The predicted octanol–water partition coefficient (Wildman–Crippen LogP) is 4.41. The Morgan fingerprint density at radius 1 is 1.10 bits per heavy atom. The fraction of sp³-hybridized carbons (Fsp3) is 0.100. The highest BCUT2D eigenvalue weighted by atomic mass is 35.5. The average Bonchev–Trinajstić information content (AvgIpc) is 2.65. The lowest BCUT2D eigenvalue weighted by Gasteiger charge is -2.20. The highest BCUT2D eigenvalue weighted by Crippen LogP contribution is 2.27. The van der Waals surface area contributed by atoms with Gasteiger partial charge in [0, 0.05) is 19.1 Å². The van der Waals surface area contributed by atoms with Gasteiger partial charge in [0.1, 0.15) is 17.5 Å². The minimum atomic E-state index is -0.874. The number of aromatic nitrogens is 2. The van der Waals surface area contributed by atoms with E-state index in [2.05, 4.69) is 15.5 Å². The second-order valence-corrected chi connectivity index (χ2v) is 6.60. The monoisotopic (exact) mass is 434 g/mol. The maximum Gasteiger partial charge on any atom is 0.229 e. The lowest BCUT2D eigenvalue weighted by atomic mass is 10.1. The van der Waals surface area contributed by atoms with Gasteiger partial charge in [-0.1, -0.05) is 23.7 Å². The summed E-state index contributed by atoms with van der Waals surface area (Å²) in [6, 6.07) is 8.01. The van der Waals surface area contributed by atoms with Crippen molar-refractivity contribution < 1.29 is 22.8 Å². The third kappa shape index (κ3) is 4.93. The number of carbonyl (C=O) groups is 2. The Kier molecular flexibility index (Phi) is 6.31. The lowest BCUT2D eigenvalue weighted by molar-refractivity contribution is -0.116. The van der Waals surface area contributed by atoms with Gasteiger partial charge in [-0.15, -0.1) is 5.10 Å². The molecule has 2 aromatic carbocycles. The van der Waals surface area contributed by atoms with E-state index in [9.17, 15) is 22.8 Å². The van der Waals surface area contributed by atoms with Crippen LogP contribution < -0.4 is 10.2 Å². The highest BCUT2D eigenvalue weighted by molar-refractivity contribution is 6.31. The summed E-state index contributed by atoms with van der Waals surface area (Å²) in [5.74, 6) is -3.55. The van der Waals surface area contributed by atoms with Crippen molar-refractivity contribution >= 4 is 40.6 Å². The topological polar surface area (TPSA) is 75.2 Å². The van der Waals surface area contributed by atoms with Crippen LogP contribution in [0.2, 0.25) is 5.02 Å². The predicted molar refractivity (Wildman–Crippen MR) is 105 cm³/mol. The zero-order valence-corrected chi connectivity index (χ0v) is 16.3. The molecule has 0 atom stereocenters. The molecule has 2 amide bonds. The Morgan fingerprint density at radius 3 is 2.47 bits per heavy atom. The number of halogens is 4. The number of nitrogens with one attached hydrogen (secondary N) is 1. The fourth-order valence-electron chi connectivity index (χ4n) is 2.74. The third-order valence-electron chi connectivity index (χ3n) is 3.96. The van der Waals surface area contributed by atoms with Crippen LogP contribution in [-0.2, 0) is 16.0 Å². The SMILES string of the molecule is CC(=O)N(c1cc(F)cc(F)c1)c1cc(NC(=O)Cc2cccc(F)c2Cl)cnn1. The van der Waals surface area contributed by atoms with E-state index < -0.39 is 29.3 Å². The Morgan fingerprint density at radius 2 is 1.80 bits per heavy atom. The molecule has 0 fully saturated rings. The van der Waals surface area contributed by atoms with E-state index in [4.69, 9.17) is 11.6 Å². The van der Waals surface area contributed by atoms with Crippen molar-refractivity contribution in [3.05, 3.63) is 76.7 Å². The van der Waals surface area contributed by atoms with Crippen LogP contribution in [0.15, 0.2) is 48.7 Å². The minimum Gasteiger partial charge on any atom is -0.324 e. The zero-order chi connectivity index (χ0) is 21.8. The van der Waals surface area contributed by atoms with E-state index in [1.807, 2.05) is 0 Å². The normalized spacial score (nSPS) is 10.6. The van der Waals surface area contributed by atoms with Gasteiger partial charge in [-0.3, -0.25) is 14.5 Å². The van der Waals surface area contributed by atoms with E-state index in [0.29, 0.717) is 6.07 Å². The first-order valence-corrected chi connectivity index (χ1v) is 8.94. The first kappa shape index (κ1) is 21.3. The molecule has 10 heteroatoms. The molecule has 6 nitrogen and oxygen atoms in total. The van der Waals surface area contributed by atoms with Gasteiger partial charge in [-0.2, -0.15) is 5.10 Å². The summed E-state index contributed by atoms with van der Waals surface area (Å²) in [5.41, 5.74) is 0.363. The van der Waals surface area contributed by atoms with Crippen LogP contribution in [0, 0.1) is 17.5 Å². The molecule has 0 bridgehead atoms. The molecule has 0 aliphatic heterocycles. The molecule has 0 aliphatic rings. The maximum atomic E-state index is 13.6. The van der Waals surface area contributed by atoms with Crippen LogP contribution in [0.25, 0.3) is 0 Å². The summed E-state index contributed by atoms with van der Waals surface area (Å²) < 4.78 is 40.7. The lowest BCUT2D eigenvalue weighted by Crippen LogP contribution is -2.25. The standard InChI is InChI=1S/C20H14ClF3N4O2/c1-11(29)28(16-7-13(22)6-14(23)8-16)18-9-15(10-25-27-18)26-19(30)5-12-3-2-4-17(24)20(12)21/h2-4,6-10H,5H2,1H3,(H,26,27,30). The van der Waals surface area contributed by atoms with E-state index in [0.717, 1.165) is 17.0 Å². The molecule has 0 spiro atoms. The largest absolute Gasteiger partial charge is 0.324 e. The van der Waals surface area contributed by atoms with Crippen molar-refractivity contribution in [2.45, 2.75) is 13.3 Å². The Hall–Kier alpha value is -3.46. The molecule has 0 saturated heterocycles. The van der Waals surface area contributed by atoms with Crippen molar-refractivity contribution in [1.29, 1.82) is 0 Å². The summed E-state index contributed by atoms with van der Waals surface area (Å²) in [6.45, 7) is 1.18. The van der Waals surface area contributed by atoms with Crippen LogP contribution in [0.5, 0.6) is 0 Å². The van der Waals surface area contributed by atoms with Gasteiger partial charge in [-0.25, -0.2) is 13.2 Å². The molecule has 1 heterocycles. The molecule has 0 aliphatic carbocycles. The van der Waals surface area contributed by atoms with E-state index >= 15 is 0 Å². The van der Waals surface area contributed by atoms with E-state index in [1.54, 1.807) is 0 Å². The number of benzene rings is 2. The van der Waals surface area contributed by atoms with Gasteiger partial charge in [0.25, 0.3) is 0 Å². The summed E-state index contributed by atoms with van der Waals surface area (Å²) in [4.78, 5) is 25.3. The third-order valence-corrected chi connectivity index (χ3v) is 4.38. The molecule has 3 aromatic rings. The summed E-state index contributed by atoms with van der Waals surface area (Å²) in [6.07, 6.45) is 1.01. The Balaban J connectivity index is 1.84.